The molecule has 0 unspecified atom stereocenters. The molecular formula is C20H29NO2. The zero-order valence-corrected chi connectivity index (χ0v) is 14.8. The molecule has 0 heterocycles. The molecule has 0 saturated heterocycles. The number of carbonyl (C=O) groups excluding carboxylic acids is 1. The maximum absolute atomic E-state index is 12.5. The number of hydrogen-bond acceptors (Lipinski definition) is 2. The Balaban J connectivity index is 2.28. The van der Waals surface area contributed by atoms with Crippen molar-refractivity contribution in [1.82, 2.24) is 0 Å². The van der Waals surface area contributed by atoms with E-state index in [1.807, 2.05) is 30.0 Å². The van der Waals surface area contributed by atoms with Gasteiger partial charge in [-0.1, -0.05) is 26.5 Å². The first-order valence-corrected chi connectivity index (χ1v) is 8.58. The van der Waals surface area contributed by atoms with Crippen LogP contribution in [-0.4, -0.2) is 19.1 Å². The molecule has 126 valence electrons. The van der Waals surface area contributed by atoms with Gasteiger partial charge >= 0.3 is 0 Å². The maximum Gasteiger partial charge on any atom is 0.250 e. The summed E-state index contributed by atoms with van der Waals surface area (Å²) in [5.74, 6) is 2.26. The Morgan fingerprint density at radius 2 is 1.96 bits per heavy atom. The third-order valence-corrected chi connectivity index (χ3v) is 5.14. The quantitative estimate of drug-likeness (QED) is 0.735. The number of hydrogen-bond donors (Lipinski definition) is 0. The van der Waals surface area contributed by atoms with Crippen molar-refractivity contribution in [2.45, 2.75) is 52.5 Å². The van der Waals surface area contributed by atoms with Crippen LogP contribution in [0.25, 0.3) is 0 Å². The zero-order chi connectivity index (χ0) is 17.0. The van der Waals surface area contributed by atoms with E-state index in [1.54, 1.807) is 7.11 Å². The molecule has 1 fully saturated rings. The molecule has 0 spiro atoms. The van der Waals surface area contributed by atoms with Crippen LogP contribution in [0.15, 0.2) is 30.9 Å². The van der Waals surface area contributed by atoms with Crippen molar-refractivity contribution in [3.05, 3.63) is 36.4 Å². The number of benzene rings is 1. The monoisotopic (exact) mass is 315 g/mol. The first kappa shape index (κ1) is 17.6. The molecule has 23 heavy (non-hydrogen) atoms. The van der Waals surface area contributed by atoms with E-state index in [1.165, 1.54) is 18.9 Å². The number of anilines is 1. The summed E-state index contributed by atoms with van der Waals surface area (Å²) < 4.78 is 5.35. The second-order valence-corrected chi connectivity index (χ2v) is 6.88. The fraction of sp³-hybridized carbons (Fsp3) is 0.550. The van der Waals surface area contributed by atoms with Gasteiger partial charge in [0.1, 0.15) is 5.75 Å². The fourth-order valence-electron chi connectivity index (χ4n) is 3.60. The van der Waals surface area contributed by atoms with Crippen molar-refractivity contribution in [3.63, 3.8) is 0 Å². The normalized spacial score (nSPS) is 21.1. The Hall–Kier alpha value is -1.77. The Morgan fingerprint density at radius 3 is 2.48 bits per heavy atom. The smallest absolute Gasteiger partial charge is 0.250 e. The maximum atomic E-state index is 12.5. The highest BCUT2D eigenvalue weighted by Crippen LogP contribution is 2.36. The average Bonchev–Trinajstić information content (AvgIpc) is 2.57. The van der Waals surface area contributed by atoms with Crippen LogP contribution in [-0.2, 0) is 4.79 Å². The molecule has 0 radical (unpaired) electrons. The molecular weight excluding hydrogens is 286 g/mol. The fourth-order valence-corrected chi connectivity index (χ4v) is 3.60. The molecule has 0 aromatic heterocycles. The van der Waals surface area contributed by atoms with Crippen LogP contribution >= 0.6 is 0 Å². The van der Waals surface area contributed by atoms with Crippen molar-refractivity contribution in [3.8, 4) is 5.75 Å². The largest absolute Gasteiger partial charge is 0.497 e. The first-order chi connectivity index (χ1) is 11.0. The number of ether oxygens (including phenoxy) is 1. The predicted molar refractivity (Wildman–Crippen MR) is 96.0 cm³/mol. The summed E-state index contributed by atoms with van der Waals surface area (Å²) in [6, 6.07) is 6.16. The Morgan fingerprint density at radius 1 is 1.30 bits per heavy atom. The molecule has 2 rings (SSSR count). The summed E-state index contributed by atoms with van der Waals surface area (Å²) in [5.41, 5.74) is 2.04. The van der Waals surface area contributed by atoms with E-state index in [4.69, 9.17) is 4.74 Å². The van der Waals surface area contributed by atoms with Gasteiger partial charge in [-0.15, -0.1) is 0 Å². The third-order valence-electron chi connectivity index (χ3n) is 5.14. The van der Waals surface area contributed by atoms with Crippen LogP contribution in [0.4, 0.5) is 5.69 Å². The Labute approximate surface area is 140 Å². The number of amides is 1. The van der Waals surface area contributed by atoms with Crippen molar-refractivity contribution in [2.24, 2.45) is 11.8 Å². The lowest BCUT2D eigenvalue weighted by atomic mass is 9.79. The first-order valence-electron chi connectivity index (χ1n) is 8.58. The van der Waals surface area contributed by atoms with Crippen LogP contribution < -0.4 is 9.64 Å². The minimum Gasteiger partial charge on any atom is -0.497 e. The van der Waals surface area contributed by atoms with Crippen molar-refractivity contribution >= 4 is 11.6 Å². The van der Waals surface area contributed by atoms with E-state index < -0.39 is 0 Å². The van der Waals surface area contributed by atoms with Gasteiger partial charge in [-0.25, -0.2) is 0 Å². The van der Waals surface area contributed by atoms with E-state index >= 15 is 0 Å². The van der Waals surface area contributed by atoms with Gasteiger partial charge in [0.2, 0.25) is 0 Å². The summed E-state index contributed by atoms with van der Waals surface area (Å²) in [7, 11) is 1.65. The Bertz CT molecular complexity index is 557. The molecule has 3 nitrogen and oxygen atoms in total. The lowest BCUT2D eigenvalue weighted by Gasteiger charge is -2.38. The van der Waals surface area contributed by atoms with Crippen LogP contribution in [0, 0.1) is 18.8 Å². The number of carbonyl (C=O) groups is 1. The van der Waals surface area contributed by atoms with Crippen LogP contribution in [0.2, 0.25) is 0 Å². The number of aryl methyl sites for hydroxylation is 1. The standard InChI is InChI=1S/C20H29NO2/c1-6-20(22)21(17-10-8-16(9-11-17)14(2)3)19-13-18(23-5)12-7-15(19)4/h6-7,12-14,16-17H,1,8-11H2,2-5H3/t16-,17-. The molecule has 0 N–H and O–H groups in total. The van der Waals surface area contributed by atoms with Gasteiger partial charge < -0.3 is 9.64 Å². The summed E-state index contributed by atoms with van der Waals surface area (Å²) in [5, 5.41) is 0. The van der Waals surface area contributed by atoms with Crippen LogP contribution in [0.1, 0.15) is 45.1 Å². The van der Waals surface area contributed by atoms with Crippen molar-refractivity contribution in [2.75, 3.05) is 12.0 Å². The van der Waals surface area contributed by atoms with E-state index in [-0.39, 0.29) is 11.9 Å². The van der Waals surface area contributed by atoms with Gasteiger partial charge in [-0.3, -0.25) is 4.79 Å². The lowest BCUT2D eigenvalue weighted by Crippen LogP contribution is -2.42. The number of nitrogens with zero attached hydrogens (tertiary/aromatic N) is 1. The summed E-state index contributed by atoms with van der Waals surface area (Å²) in [6.07, 6.45) is 5.91. The van der Waals surface area contributed by atoms with E-state index in [9.17, 15) is 4.79 Å². The molecule has 3 heteroatoms. The molecule has 1 saturated carbocycles. The highest BCUT2D eigenvalue weighted by molar-refractivity contribution is 6.02. The highest BCUT2D eigenvalue weighted by atomic mass is 16.5. The van der Waals surface area contributed by atoms with Gasteiger partial charge in [0.15, 0.2) is 0 Å². The molecule has 1 aliphatic rings. The second-order valence-electron chi connectivity index (χ2n) is 6.88. The van der Waals surface area contributed by atoms with E-state index in [0.29, 0.717) is 0 Å². The van der Waals surface area contributed by atoms with Gasteiger partial charge in [0, 0.05) is 12.1 Å². The topological polar surface area (TPSA) is 29.5 Å². The third kappa shape index (κ3) is 3.95. The highest BCUT2D eigenvalue weighted by Gasteiger charge is 2.30. The molecule has 1 aromatic rings. The van der Waals surface area contributed by atoms with Gasteiger partial charge in [0.25, 0.3) is 5.91 Å². The van der Waals surface area contributed by atoms with Crippen molar-refractivity contribution < 1.29 is 9.53 Å². The lowest BCUT2D eigenvalue weighted by molar-refractivity contribution is -0.114. The number of rotatable bonds is 5. The number of methoxy groups -OCH3 is 1. The predicted octanol–water partition coefficient (Wildman–Crippen LogP) is 4.74. The average molecular weight is 315 g/mol. The Kier molecular flexibility index (Phi) is 5.86. The van der Waals surface area contributed by atoms with Gasteiger partial charge in [-0.05, 0) is 62.1 Å². The van der Waals surface area contributed by atoms with E-state index in [0.717, 1.165) is 41.7 Å². The molecule has 0 aliphatic heterocycles. The summed E-state index contributed by atoms with van der Waals surface area (Å²) in [4.78, 5) is 14.5. The minimum absolute atomic E-state index is 0.0191. The molecule has 0 bridgehead atoms. The molecule has 1 aromatic carbocycles. The summed E-state index contributed by atoms with van der Waals surface area (Å²) >= 11 is 0. The summed E-state index contributed by atoms with van der Waals surface area (Å²) in [6.45, 7) is 10.3. The van der Waals surface area contributed by atoms with Crippen LogP contribution in [0.5, 0.6) is 5.75 Å². The van der Waals surface area contributed by atoms with Crippen molar-refractivity contribution in [1.29, 1.82) is 0 Å². The van der Waals surface area contributed by atoms with Gasteiger partial charge in [-0.2, -0.15) is 0 Å². The minimum atomic E-state index is -0.0191. The van der Waals surface area contributed by atoms with Crippen LogP contribution in [0.3, 0.4) is 0 Å². The zero-order valence-electron chi connectivity index (χ0n) is 14.8. The molecule has 0 atom stereocenters. The van der Waals surface area contributed by atoms with Gasteiger partial charge in [0.05, 0.1) is 12.8 Å². The second kappa shape index (κ2) is 7.67. The molecule has 1 aliphatic carbocycles. The van der Waals surface area contributed by atoms with E-state index in [2.05, 4.69) is 20.4 Å². The SMILES string of the molecule is C=CC(=O)N(c1cc(OC)ccc1C)[C@H]1CC[C@H](C(C)C)CC1. The molecule has 1 amide bonds.